The first kappa shape index (κ1) is 14.0. The predicted molar refractivity (Wildman–Crippen MR) is 82.3 cm³/mol. The monoisotopic (exact) mass is 337 g/mol. The van der Waals surface area contributed by atoms with Crippen molar-refractivity contribution in [1.29, 1.82) is 0 Å². The lowest BCUT2D eigenvalue weighted by Crippen LogP contribution is -2.12. The molecule has 19 heavy (non-hydrogen) atoms. The number of nitrogens with one attached hydrogen (secondary N) is 1. The third kappa shape index (κ3) is 3.52. The van der Waals surface area contributed by atoms with Gasteiger partial charge in [0.2, 0.25) is 0 Å². The van der Waals surface area contributed by atoms with Gasteiger partial charge in [-0.25, -0.2) is 0 Å². The van der Waals surface area contributed by atoms with Crippen molar-refractivity contribution in [3.05, 3.63) is 52.5 Å². The van der Waals surface area contributed by atoms with E-state index in [1.165, 1.54) is 0 Å². The second kappa shape index (κ2) is 6.12. The molecule has 2 rings (SSSR count). The molecule has 0 radical (unpaired) electrons. The zero-order valence-electron chi connectivity index (χ0n) is 10.2. The number of benzene rings is 2. The number of halogens is 1. The van der Waals surface area contributed by atoms with Gasteiger partial charge in [0, 0.05) is 21.1 Å². The summed E-state index contributed by atoms with van der Waals surface area (Å²) < 4.78 is 5.84. The molecule has 0 fully saturated rings. The highest BCUT2D eigenvalue weighted by atomic mass is 79.9. The molecule has 2 aromatic carbocycles. The van der Waals surface area contributed by atoms with Crippen LogP contribution < -0.4 is 10.1 Å². The molecule has 0 atom stereocenters. The third-order valence-corrected chi connectivity index (χ3v) is 3.49. The Balaban J connectivity index is 2.23. The highest BCUT2D eigenvalue weighted by Crippen LogP contribution is 2.22. The van der Waals surface area contributed by atoms with Gasteiger partial charge >= 0.3 is 0 Å². The molecule has 0 saturated heterocycles. The third-order valence-electron chi connectivity index (χ3n) is 2.52. The van der Waals surface area contributed by atoms with Gasteiger partial charge in [0.05, 0.1) is 12.7 Å². The van der Waals surface area contributed by atoms with Crippen LogP contribution in [0.15, 0.2) is 51.8 Å². The Morgan fingerprint density at radius 2 is 2.05 bits per heavy atom. The van der Waals surface area contributed by atoms with Gasteiger partial charge in [0.1, 0.15) is 5.75 Å². The number of thiol groups is 1. The van der Waals surface area contributed by atoms with Gasteiger partial charge in [-0.05, 0) is 46.3 Å². The molecule has 2 aromatic rings. The standard InChI is InChI=1S/C14H12BrNO2S/c1-18-10-4-2-3-9(7-10)16-14(17)12-8-11(19)5-6-13(12)15/h2-8,19H,1H3,(H,16,17). The fourth-order valence-electron chi connectivity index (χ4n) is 1.59. The summed E-state index contributed by atoms with van der Waals surface area (Å²) in [5.41, 5.74) is 1.22. The van der Waals surface area contributed by atoms with E-state index in [1.54, 1.807) is 31.4 Å². The van der Waals surface area contributed by atoms with Crippen molar-refractivity contribution in [2.75, 3.05) is 12.4 Å². The van der Waals surface area contributed by atoms with Crippen LogP contribution in [0.5, 0.6) is 5.75 Å². The van der Waals surface area contributed by atoms with Crippen LogP contribution >= 0.6 is 28.6 Å². The molecule has 5 heteroatoms. The topological polar surface area (TPSA) is 38.3 Å². The minimum atomic E-state index is -0.198. The number of methoxy groups -OCH3 is 1. The van der Waals surface area contributed by atoms with E-state index in [2.05, 4.69) is 33.9 Å². The number of anilines is 1. The Labute approximate surface area is 125 Å². The second-order valence-corrected chi connectivity index (χ2v) is 5.22. The molecular weight excluding hydrogens is 326 g/mol. The van der Waals surface area contributed by atoms with E-state index in [0.717, 1.165) is 9.37 Å². The number of carbonyl (C=O) groups excluding carboxylic acids is 1. The molecule has 0 aliphatic carbocycles. The zero-order valence-corrected chi connectivity index (χ0v) is 12.7. The molecule has 3 nitrogen and oxygen atoms in total. The molecule has 0 bridgehead atoms. The fourth-order valence-corrected chi connectivity index (χ4v) is 2.22. The van der Waals surface area contributed by atoms with Crippen LogP contribution in [0.25, 0.3) is 0 Å². The lowest BCUT2D eigenvalue weighted by molar-refractivity contribution is 0.102. The van der Waals surface area contributed by atoms with Crippen molar-refractivity contribution in [2.24, 2.45) is 0 Å². The van der Waals surface area contributed by atoms with Crippen LogP contribution in [0.4, 0.5) is 5.69 Å². The Bertz CT molecular complexity index is 616. The largest absolute Gasteiger partial charge is 0.497 e. The maximum absolute atomic E-state index is 12.2. The van der Waals surface area contributed by atoms with Crippen LogP contribution in [0, 0.1) is 0 Å². The Morgan fingerprint density at radius 1 is 1.26 bits per heavy atom. The molecule has 0 aromatic heterocycles. The van der Waals surface area contributed by atoms with Crippen LogP contribution in [0.1, 0.15) is 10.4 Å². The van der Waals surface area contributed by atoms with E-state index in [4.69, 9.17) is 4.74 Å². The number of ether oxygens (including phenoxy) is 1. The Morgan fingerprint density at radius 3 is 2.79 bits per heavy atom. The first-order chi connectivity index (χ1) is 9.10. The van der Waals surface area contributed by atoms with Crippen molar-refractivity contribution in [1.82, 2.24) is 0 Å². The molecule has 1 amide bonds. The number of amides is 1. The van der Waals surface area contributed by atoms with Crippen LogP contribution in [0.3, 0.4) is 0 Å². The summed E-state index contributed by atoms with van der Waals surface area (Å²) >= 11 is 7.59. The first-order valence-corrected chi connectivity index (χ1v) is 6.78. The average molecular weight is 338 g/mol. The fraction of sp³-hybridized carbons (Fsp3) is 0.0714. The van der Waals surface area contributed by atoms with Crippen molar-refractivity contribution in [3.8, 4) is 5.75 Å². The summed E-state index contributed by atoms with van der Waals surface area (Å²) in [6, 6.07) is 12.5. The van der Waals surface area contributed by atoms with Crippen molar-refractivity contribution < 1.29 is 9.53 Å². The highest BCUT2D eigenvalue weighted by Gasteiger charge is 2.10. The van der Waals surface area contributed by atoms with E-state index >= 15 is 0 Å². The van der Waals surface area contributed by atoms with Gasteiger partial charge in [-0.1, -0.05) is 6.07 Å². The maximum atomic E-state index is 12.2. The summed E-state index contributed by atoms with van der Waals surface area (Å²) in [5, 5.41) is 2.82. The van der Waals surface area contributed by atoms with Gasteiger partial charge < -0.3 is 10.1 Å². The Kier molecular flexibility index (Phi) is 4.50. The van der Waals surface area contributed by atoms with Gasteiger partial charge in [0.25, 0.3) is 5.91 Å². The first-order valence-electron chi connectivity index (χ1n) is 5.54. The number of hydrogen-bond donors (Lipinski definition) is 2. The molecule has 1 N–H and O–H groups in total. The number of carbonyl (C=O) groups is 1. The molecule has 0 aliphatic rings. The predicted octanol–water partition coefficient (Wildman–Crippen LogP) is 4.00. The van der Waals surface area contributed by atoms with Crippen molar-refractivity contribution in [2.45, 2.75) is 4.90 Å². The van der Waals surface area contributed by atoms with Crippen LogP contribution in [0.2, 0.25) is 0 Å². The van der Waals surface area contributed by atoms with E-state index < -0.39 is 0 Å². The quantitative estimate of drug-likeness (QED) is 0.831. The van der Waals surface area contributed by atoms with Gasteiger partial charge in [-0.15, -0.1) is 12.6 Å². The minimum absolute atomic E-state index is 0.198. The summed E-state index contributed by atoms with van der Waals surface area (Å²) in [6.07, 6.45) is 0. The molecule has 0 unspecified atom stereocenters. The average Bonchev–Trinajstić information content (AvgIpc) is 2.41. The summed E-state index contributed by atoms with van der Waals surface area (Å²) in [4.78, 5) is 12.9. The van der Waals surface area contributed by atoms with Gasteiger partial charge in [-0.2, -0.15) is 0 Å². The zero-order chi connectivity index (χ0) is 13.8. The van der Waals surface area contributed by atoms with Crippen LogP contribution in [-0.4, -0.2) is 13.0 Å². The number of rotatable bonds is 3. The maximum Gasteiger partial charge on any atom is 0.256 e. The number of hydrogen-bond acceptors (Lipinski definition) is 3. The molecular formula is C14H12BrNO2S. The molecule has 0 aliphatic heterocycles. The lowest BCUT2D eigenvalue weighted by atomic mass is 10.2. The van der Waals surface area contributed by atoms with Crippen LogP contribution in [-0.2, 0) is 0 Å². The van der Waals surface area contributed by atoms with E-state index in [0.29, 0.717) is 17.0 Å². The second-order valence-electron chi connectivity index (χ2n) is 3.85. The summed E-state index contributed by atoms with van der Waals surface area (Å²) in [6.45, 7) is 0. The molecule has 98 valence electrons. The van der Waals surface area contributed by atoms with E-state index in [1.807, 2.05) is 18.2 Å². The molecule has 0 heterocycles. The van der Waals surface area contributed by atoms with Crippen molar-refractivity contribution in [3.63, 3.8) is 0 Å². The van der Waals surface area contributed by atoms with Gasteiger partial charge in [0.15, 0.2) is 0 Å². The molecule has 0 saturated carbocycles. The minimum Gasteiger partial charge on any atom is -0.497 e. The normalized spacial score (nSPS) is 10.1. The summed E-state index contributed by atoms with van der Waals surface area (Å²) in [7, 11) is 1.59. The van der Waals surface area contributed by atoms with Gasteiger partial charge in [-0.3, -0.25) is 4.79 Å². The SMILES string of the molecule is COc1cccc(NC(=O)c2cc(S)ccc2Br)c1. The smallest absolute Gasteiger partial charge is 0.256 e. The lowest BCUT2D eigenvalue weighted by Gasteiger charge is -2.08. The van der Waals surface area contributed by atoms with Crippen molar-refractivity contribution >= 4 is 40.2 Å². The highest BCUT2D eigenvalue weighted by molar-refractivity contribution is 9.10. The molecule has 0 spiro atoms. The Hall–Kier alpha value is -1.46. The van der Waals surface area contributed by atoms with E-state index in [9.17, 15) is 4.79 Å². The summed E-state index contributed by atoms with van der Waals surface area (Å²) in [5.74, 6) is 0.496. The van der Waals surface area contributed by atoms with E-state index in [-0.39, 0.29) is 5.91 Å².